The number of hydrogen-bond acceptors (Lipinski definition) is 4. The van der Waals surface area contributed by atoms with Crippen LogP contribution in [0.4, 0.5) is 0 Å². The molecule has 21 heavy (non-hydrogen) atoms. The Balaban J connectivity index is 1.77. The molecule has 0 saturated carbocycles. The van der Waals surface area contributed by atoms with Gasteiger partial charge in [0, 0.05) is 23.6 Å². The molecule has 104 valence electrons. The summed E-state index contributed by atoms with van der Waals surface area (Å²) in [4.78, 5) is 19.3. The maximum absolute atomic E-state index is 10.8. The molecule has 0 unspecified atom stereocenters. The van der Waals surface area contributed by atoms with Crippen LogP contribution < -0.4 is 0 Å². The lowest BCUT2D eigenvalue weighted by Gasteiger charge is -1.99. The molecule has 2 aromatic heterocycles. The summed E-state index contributed by atoms with van der Waals surface area (Å²) in [5.41, 5.74) is 3.07. The second-order valence-corrected chi connectivity index (χ2v) is 5.47. The summed E-state index contributed by atoms with van der Waals surface area (Å²) in [6, 6.07) is 13.3. The largest absolute Gasteiger partial charge is 0.477 e. The number of pyridine rings is 1. The molecule has 1 N–H and O–H groups in total. The van der Waals surface area contributed by atoms with Gasteiger partial charge < -0.3 is 5.11 Å². The van der Waals surface area contributed by atoms with Crippen LogP contribution in [0.15, 0.2) is 54.0 Å². The molecule has 0 fully saturated rings. The van der Waals surface area contributed by atoms with Crippen LogP contribution in [-0.4, -0.2) is 21.0 Å². The first-order chi connectivity index (χ1) is 10.2. The van der Waals surface area contributed by atoms with Crippen LogP contribution in [0, 0.1) is 0 Å². The highest BCUT2D eigenvalue weighted by Crippen LogP contribution is 2.23. The predicted molar refractivity (Wildman–Crippen MR) is 81.6 cm³/mol. The Morgan fingerprint density at radius 2 is 1.95 bits per heavy atom. The minimum Gasteiger partial charge on any atom is -0.477 e. The van der Waals surface area contributed by atoms with Crippen molar-refractivity contribution in [3.05, 3.63) is 70.3 Å². The number of carboxylic acids is 1. The zero-order valence-corrected chi connectivity index (χ0v) is 11.9. The second kappa shape index (κ2) is 5.85. The van der Waals surface area contributed by atoms with E-state index in [1.165, 1.54) is 6.07 Å². The minimum absolute atomic E-state index is 0.0582. The summed E-state index contributed by atoms with van der Waals surface area (Å²) in [6.07, 6.45) is 2.25. The number of rotatable bonds is 4. The highest BCUT2D eigenvalue weighted by Gasteiger charge is 2.07. The van der Waals surface area contributed by atoms with Gasteiger partial charge in [-0.3, -0.25) is 0 Å². The zero-order chi connectivity index (χ0) is 14.7. The average Bonchev–Trinajstić information content (AvgIpc) is 2.97. The fourth-order valence-corrected chi connectivity index (χ4v) is 2.80. The van der Waals surface area contributed by atoms with Gasteiger partial charge in [0.15, 0.2) is 0 Å². The summed E-state index contributed by atoms with van der Waals surface area (Å²) in [5, 5.41) is 11.8. The maximum atomic E-state index is 10.8. The molecular formula is C16H12N2O2S. The third-order valence-electron chi connectivity index (χ3n) is 3.02. The molecule has 3 aromatic rings. The number of aromatic nitrogens is 2. The summed E-state index contributed by atoms with van der Waals surface area (Å²) < 4.78 is 0. The Morgan fingerprint density at radius 1 is 1.14 bits per heavy atom. The van der Waals surface area contributed by atoms with E-state index >= 15 is 0 Å². The van der Waals surface area contributed by atoms with Gasteiger partial charge in [0.25, 0.3) is 0 Å². The van der Waals surface area contributed by atoms with Crippen LogP contribution in [0.1, 0.15) is 21.1 Å². The van der Waals surface area contributed by atoms with Crippen LogP contribution in [0.2, 0.25) is 0 Å². The molecule has 0 saturated heterocycles. The Morgan fingerprint density at radius 3 is 2.62 bits per heavy atom. The van der Waals surface area contributed by atoms with E-state index in [0.29, 0.717) is 6.42 Å². The SMILES string of the molecule is O=C(O)c1ccc(Cc2nc(-c3ccccc3)cs2)cn1. The fourth-order valence-electron chi connectivity index (χ4n) is 1.96. The van der Waals surface area contributed by atoms with Crippen molar-refractivity contribution in [1.29, 1.82) is 0 Å². The predicted octanol–water partition coefficient (Wildman–Crippen LogP) is 3.49. The third-order valence-corrected chi connectivity index (χ3v) is 3.87. The van der Waals surface area contributed by atoms with E-state index in [4.69, 9.17) is 5.11 Å². The highest BCUT2D eigenvalue weighted by atomic mass is 32.1. The molecule has 0 atom stereocenters. The van der Waals surface area contributed by atoms with Gasteiger partial charge >= 0.3 is 5.97 Å². The van der Waals surface area contributed by atoms with Crippen molar-refractivity contribution in [1.82, 2.24) is 9.97 Å². The van der Waals surface area contributed by atoms with Gasteiger partial charge in [-0.05, 0) is 11.6 Å². The molecule has 3 rings (SSSR count). The molecule has 0 bridgehead atoms. The first kappa shape index (κ1) is 13.5. The van der Waals surface area contributed by atoms with Gasteiger partial charge in [-0.2, -0.15) is 0 Å². The second-order valence-electron chi connectivity index (χ2n) is 4.53. The van der Waals surface area contributed by atoms with E-state index < -0.39 is 5.97 Å². The molecule has 5 heteroatoms. The first-order valence-corrected chi connectivity index (χ1v) is 7.28. The Labute approximate surface area is 125 Å². The minimum atomic E-state index is -1.01. The summed E-state index contributed by atoms with van der Waals surface area (Å²) >= 11 is 1.59. The number of benzene rings is 1. The summed E-state index contributed by atoms with van der Waals surface area (Å²) in [6.45, 7) is 0. The van der Waals surface area contributed by atoms with Crippen LogP contribution in [0.3, 0.4) is 0 Å². The van der Waals surface area contributed by atoms with Crippen molar-refractivity contribution in [3.8, 4) is 11.3 Å². The van der Waals surface area contributed by atoms with Crippen LogP contribution in [0.25, 0.3) is 11.3 Å². The number of thiazole rings is 1. The van der Waals surface area contributed by atoms with Crippen molar-refractivity contribution < 1.29 is 9.90 Å². The molecule has 0 radical (unpaired) electrons. The normalized spacial score (nSPS) is 10.5. The van der Waals surface area contributed by atoms with E-state index in [2.05, 4.69) is 9.97 Å². The lowest BCUT2D eigenvalue weighted by atomic mass is 10.2. The maximum Gasteiger partial charge on any atom is 0.354 e. The Hall–Kier alpha value is -2.53. The van der Waals surface area contributed by atoms with Gasteiger partial charge in [-0.15, -0.1) is 11.3 Å². The molecule has 0 aliphatic heterocycles. The average molecular weight is 296 g/mol. The first-order valence-electron chi connectivity index (χ1n) is 6.40. The number of nitrogens with zero attached hydrogens (tertiary/aromatic N) is 2. The van der Waals surface area contributed by atoms with Gasteiger partial charge in [0.2, 0.25) is 0 Å². The van der Waals surface area contributed by atoms with E-state index in [9.17, 15) is 4.79 Å². The lowest BCUT2D eigenvalue weighted by Crippen LogP contribution is -2.00. The summed E-state index contributed by atoms with van der Waals surface area (Å²) in [5.74, 6) is -1.01. The van der Waals surface area contributed by atoms with Gasteiger partial charge in [-0.25, -0.2) is 14.8 Å². The molecule has 4 nitrogen and oxygen atoms in total. The smallest absolute Gasteiger partial charge is 0.354 e. The zero-order valence-electron chi connectivity index (χ0n) is 11.1. The number of carboxylic acid groups (broad SMARTS) is 1. The highest BCUT2D eigenvalue weighted by molar-refractivity contribution is 7.10. The monoisotopic (exact) mass is 296 g/mol. The quantitative estimate of drug-likeness (QED) is 0.800. The molecule has 0 amide bonds. The molecule has 0 spiro atoms. The number of carbonyl (C=O) groups is 1. The van der Waals surface area contributed by atoms with Crippen LogP contribution >= 0.6 is 11.3 Å². The van der Waals surface area contributed by atoms with Crippen molar-refractivity contribution in [2.24, 2.45) is 0 Å². The molecular weight excluding hydrogens is 284 g/mol. The fraction of sp³-hybridized carbons (Fsp3) is 0.0625. The van der Waals surface area contributed by atoms with Crippen LogP contribution in [-0.2, 0) is 6.42 Å². The standard InChI is InChI=1S/C16H12N2O2S/c19-16(20)13-7-6-11(9-17-13)8-15-18-14(10-21-15)12-4-2-1-3-5-12/h1-7,9-10H,8H2,(H,19,20). The molecule has 0 aliphatic rings. The van der Waals surface area contributed by atoms with Crippen molar-refractivity contribution in [3.63, 3.8) is 0 Å². The van der Waals surface area contributed by atoms with Gasteiger partial charge in [0.1, 0.15) is 5.69 Å². The van der Waals surface area contributed by atoms with Gasteiger partial charge in [-0.1, -0.05) is 36.4 Å². The van der Waals surface area contributed by atoms with Crippen molar-refractivity contribution in [2.45, 2.75) is 6.42 Å². The number of hydrogen-bond donors (Lipinski definition) is 1. The summed E-state index contributed by atoms with van der Waals surface area (Å²) in [7, 11) is 0. The molecule has 2 heterocycles. The number of aromatic carboxylic acids is 1. The van der Waals surface area contributed by atoms with E-state index in [1.54, 1.807) is 23.6 Å². The Kier molecular flexibility index (Phi) is 3.75. The van der Waals surface area contributed by atoms with Crippen molar-refractivity contribution >= 4 is 17.3 Å². The lowest BCUT2D eigenvalue weighted by molar-refractivity contribution is 0.0690. The van der Waals surface area contributed by atoms with E-state index in [1.807, 2.05) is 35.7 Å². The van der Waals surface area contributed by atoms with E-state index in [-0.39, 0.29) is 5.69 Å². The topological polar surface area (TPSA) is 63.1 Å². The van der Waals surface area contributed by atoms with Crippen LogP contribution in [0.5, 0.6) is 0 Å². The van der Waals surface area contributed by atoms with E-state index in [0.717, 1.165) is 21.8 Å². The molecule has 1 aromatic carbocycles. The van der Waals surface area contributed by atoms with Crippen molar-refractivity contribution in [2.75, 3.05) is 0 Å². The van der Waals surface area contributed by atoms with Gasteiger partial charge in [0.05, 0.1) is 10.7 Å². The molecule has 0 aliphatic carbocycles. The third kappa shape index (κ3) is 3.14. The Bertz CT molecular complexity index is 751.